The van der Waals surface area contributed by atoms with Crippen LogP contribution < -0.4 is 4.74 Å². The van der Waals surface area contributed by atoms with Crippen LogP contribution in [0.1, 0.15) is 10.4 Å². The molecule has 0 atom stereocenters. The van der Waals surface area contributed by atoms with Crippen molar-refractivity contribution < 1.29 is 4.74 Å². The molecule has 0 saturated carbocycles. The molecule has 0 aliphatic heterocycles. The zero-order chi connectivity index (χ0) is 16.4. The summed E-state index contributed by atoms with van der Waals surface area (Å²) in [4.78, 5) is 4.97. The predicted molar refractivity (Wildman–Crippen MR) is 94.4 cm³/mol. The number of hydrogen-bond donors (Lipinski definition) is 0. The predicted octanol–water partition coefficient (Wildman–Crippen LogP) is 4.54. The first-order valence-electron chi connectivity index (χ1n) is 7.48. The number of para-hydroxylation sites is 2. The Labute approximate surface area is 143 Å². The maximum Gasteiger partial charge on any atom is 0.150 e. The zero-order valence-corrected chi connectivity index (χ0v) is 13.5. The molecule has 0 spiro atoms. The minimum absolute atomic E-state index is 0.441. The van der Waals surface area contributed by atoms with Gasteiger partial charge in [-0.2, -0.15) is 5.26 Å². The summed E-state index contributed by atoms with van der Waals surface area (Å²) in [6.45, 7) is 0.441. The van der Waals surface area contributed by atoms with E-state index in [1.165, 1.54) is 11.3 Å². The molecule has 2 aromatic heterocycles. The van der Waals surface area contributed by atoms with Gasteiger partial charge in [-0.15, -0.1) is 11.3 Å². The molecule has 2 aromatic carbocycles. The first-order chi connectivity index (χ1) is 11.8. The molecule has 0 unspecified atom stereocenters. The van der Waals surface area contributed by atoms with Gasteiger partial charge in [-0.1, -0.05) is 42.5 Å². The van der Waals surface area contributed by atoms with Crippen LogP contribution in [-0.4, -0.2) is 9.55 Å². The summed E-state index contributed by atoms with van der Waals surface area (Å²) in [6, 6.07) is 22.0. The monoisotopic (exact) mass is 331 g/mol. The first kappa shape index (κ1) is 14.5. The van der Waals surface area contributed by atoms with Gasteiger partial charge in [0.15, 0.2) is 5.75 Å². The number of rotatable bonds is 4. The minimum Gasteiger partial charge on any atom is -0.487 e. The van der Waals surface area contributed by atoms with Crippen LogP contribution in [0, 0.1) is 11.3 Å². The first-order valence-corrected chi connectivity index (χ1v) is 8.30. The van der Waals surface area contributed by atoms with Crippen molar-refractivity contribution in [1.29, 1.82) is 5.26 Å². The standard InChI is InChI=1S/C19H13N3OS/c20-11-18-17(23-12-14-6-2-1-3-7-14)10-19(24-18)22-13-21-15-8-4-5-9-16(15)22/h1-10,13H,12H2. The van der Waals surface area contributed by atoms with E-state index in [0.29, 0.717) is 17.2 Å². The van der Waals surface area contributed by atoms with Gasteiger partial charge in [-0.25, -0.2) is 4.98 Å². The van der Waals surface area contributed by atoms with Gasteiger partial charge >= 0.3 is 0 Å². The fourth-order valence-electron chi connectivity index (χ4n) is 2.54. The SMILES string of the molecule is N#Cc1sc(-n2cnc3ccccc32)cc1OCc1ccccc1. The van der Waals surface area contributed by atoms with Crippen molar-refractivity contribution in [3.05, 3.63) is 77.4 Å². The topological polar surface area (TPSA) is 50.8 Å². The van der Waals surface area contributed by atoms with Crippen LogP contribution in [-0.2, 0) is 6.61 Å². The summed E-state index contributed by atoms with van der Waals surface area (Å²) in [5, 5.41) is 10.3. The molecule has 0 N–H and O–H groups in total. The smallest absolute Gasteiger partial charge is 0.150 e. The van der Waals surface area contributed by atoms with Crippen LogP contribution in [0.3, 0.4) is 0 Å². The maximum absolute atomic E-state index is 9.40. The van der Waals surface area contributed by atoms with Gasteiger partial charge in [-0.3, -0.25) is 4.57 Å². The molecule has 2 heterocycles. The Hall–Kier alpha value is -3.10. The third-order valence-electron chi connectivity index (χ3n) is 3.71. The molecule has 0 radical (unpaired) electrons. The molecule has 5 heteroatoms. The van der Waals surface area contributed by atoms with Gasteiger partial charge < -0.3 is 4.74 Å². The summed E-state index contributed by atoms with van der Waals surface area (Å²) < 4.78 is 7.84. The number of benzene rings is 2. The number of nitrogens with zero attached hydrogens (tertiary/aromatic N) is 3. The highest BCUT2D eigenvalue weighted by Crippen LogP contribution is 2.33. The lowest BCUT2D eigenvalue weighted by Crippen LogP contribution is -1.95. The van der Waals surface area contributed by atoms with Crippen LogP contribution in [0.5, 0.6) is 5.75 Å². The second kappa shape index (κ2) is 6.19. The largest absolute Gasteiger partial charge is 0.487 e. The lowest BCUT2D eigenvalue weighted by atomic mass is 10.2. The quantitative estimate of drug-likeness (QED) is 0.552. The Morgan fingerprint density at radius 2 is 1.88 bits per heavy atom. The lowest BCUT2D eigenvalue weighted by molar-refractivity contribution is 0.307. The van der Waals surface area contributed by atoms with E-state index in [0.717, 1.165) is 21.6 Å². The van der Waals surface area contributed by atoms with E-state index in [2.05, 4.69) is 11.1 Å². The van der Waals surface area contributed by atoms with Crippen molar-refractivity contribution >= 4 is 22.4 Å². The number of imidazole rings is 1. The number of ether oxygens (including phenoxy) is 1. The molecule has 0 bridgehead atoms. The van der Waals surface area contributed by atoms with Crippen LogP contribution in [0.2, 0.25) is 0 Å². The van der Waals surface area contributed by atoms with Crippen molar-refractivity contribution in [2.75, 3.05) is 0 Å². The van der Waals surface area contributed by atoms with E-state index in [1.807, 2.05) is 65.2 Å². The number of hydrogen-bond acceptors (Lipinski definition) is 4. The van der Waals surface area contributed by atoms with Crippen LogP contribution in [0.25, 0.3) is 16.0 Å². The fraction of sp³-hybridized carbons (Fsp3) is 0.0526. The minimum atomic E-state index is 0.441. The average Bonchev–Trinajstić information content (AvgIpc) is 3.24. The average molecular weight is 331 g/mol. The summed E-state index contributed by atoms with van der Waals surface area (Å²) in [5.74, 6) is 0.610. The lowest BCUT2D eigenvalue weighted by Gasteiger charge is -2.04. The summed E-state index contributed by atoms with van der Waals surface area (Å²) in [6.07, 6.45) is 1.78. The van der Waals surface area contributed by atoms with Crippen molar-refractivity contribution in [2.45, 2.75) is 6.61 Å². The van der Waals surface area contributed by atoms with E-state index in [-0.39, 0.29) is 0 Å². The maximum atomic E-state index is 9.40. The molecule has 0 aliphatic rings. The van der Waals surface area contributed by atoms with Gasteiger partial charge in [0, 0.05) is 6.07 Å². The van der Waals surface area contributed by atoms with Crippen molar-refractivity contribution in [3.63, 3.8) is 0 Å². The Bertz CT molecular complexity index is 1030. The van der Waals surface area contributed by atoms with E-state index < -0.39 is 0 Å². The van der Waals surface area contributed by atoms with E-state index >= 15 is 0 Å². The molecule has 116 valence electrons. The van der Waals surface area contributed by atoms with Gasteiger partial charge in [0.25, 0.3) is 0 Å². The van der Waals surface area contributed by atoms with Crippen LogP contribution in [0.15, 0.2) is 67.0 Å². The molecule has 0 aliphatic carbocycles. The van der Waals surface area contributed by atoms with Crippen molar-refractivity contribution in [2.24, 2.45) is 0 Å². The summed E-state index contributed by atoms with van der Waals surface area (Å²) >= 11 is 1.40. The summed E-state index contributed by atoms with van der Waals surface area (Å²) in [5.41, 5.74) is 3.01. The molecular formula is C19H13N3OS. The second-order valence-corrected chi connectivity index (χ2v) is 6.30. The molecule has 0 fully saturated rings. The Kier molecular flexibility index (Phi) is 3.73. The van der Waals surface area contributed by atoms with Gasteiger partial charge in [0.2, 0.25) is 0 Å². The molecule has 0 amide bonds. The van der Waals surface area contributed by atoms with E-state index in [1.54, 1.807) is 6.33 Å². The van der Waals surface area contributed by atoms with Crippen LogP contribution >= 0.6 is 11.3 Å². The Balaban J connectivity index is 1.66. The second-order valence-electron chi connectivity index (χ2n) is 5.27. The Morgan fingerprint density at radius 1 is 1.08 bits per heavy atom. The van der Waals surface area contributed by atoms with E-state index in [9.17, 15) is 5.26 Å². The van der Waals surface area contributed by atoms with Crippen molar-refractivity contribution in [3.8, 4) is 16.8 Å². The third kappa shape index (κ3) is 2.64. The van der Waals surface area contributed by atoms with Crippen LogP contribution in [0.4, 0.5) is 0 Å². The third-order valence-corrected chi connectivity index (χ3v) is 4.73. The zero-order valence-electron chi connectivity index (χ0n) is 12.7. The van der Waals surface area contributed by atoms with Gasteiger partial charge in [0.1, 0.15) is 28.9 Å². The number of fused-ring (bicyclic) bond motifs is 1. The normalized spacial score (nSPS) is 10.6. The molecule has 0 saturated heterocycles. The fourth-order valence-corrected chi connectivity index (χ4v) is 3.42. The molecule has 4 nitrogen and oxygen atoms in total. The Morgan fingerprint density at radius 3 is 2.71 bits per heavy atom. The van der Waals surface area contributed by atoms with E-state index in [4.69, 9.17) is 4.74 Å². The number of aromatic nitrogens is 2. The number of thiophene rings is 1. The molecule has 4 rings (SSSR count). The summed E-state index contributed by atoms with van der Waals surface area (Å²) in [7, 11) is 0. The highest BCUT2D eigenvalue weighted by atomic mass is 32.1. The molecule has 4 aromatic rings. The highest BCUT2D eigenvalue weighted by Gasteiger charge is 2.13. The van der Waals surface area contributed by atoms with Crippen molar-refractivity contribution in [1.82, 2.24) is 9.55 Å². The molecular weight excluding hydrogens is 318 g/mol. The molecule has 24 heavy (non-hydrogen) atoms. The van der Waals surface area contributed by atoms with Gasteiger partial charge in [0.05, 0.1) is 11.0 Å². The highest BCUT2D eigenvalue weighted by molar-refractivity contribution is 7.15. The number of nitriles is 1. The van der Waals surface area contributed by atoms with Gasteiger partial charge in [-0.05, 0) is 17.7 Å².